The van der Waals surface area contributed by atoms with Crippen molar-refractivity contribution in [3.63, 3.8) is 0 Å². The lowest BCUT2D eigenvalue weighted by Crippen LogP contribution is -2.60. The molecule has 3 aromatic rings. The first kappa shape index (κ1) is 25.3. The molecular weight excluding hydrogens is 484 g/mol. The van der Waals surface area contributed by atoms with E-state index in [-0.39, 0.29) is 34.2 Å². The Morgan fingerprint density at radius 3 is 2.28 bits per heavy atom. The van der Waals surface area contributed by atoms with Gasteiger partial charge in [0.05, 0.1) is 20.8 Å². The Bertz CT molecular complexity index is 1330. The van der Waals surface area contributed by atoms with Crippen molar-refractivity contribution in [2.24, 2.45) is 0 Å². The van der Waals surface area contributed by atoms with Gasteiger partial charge in [-0.15, -0.1) is 0 Å². The van der Waals surface area contributed by atoms with Gasteiger partial charge in [-0.2, -0.15) is 0 Å². The van der Waals surface area contributed by atoms with Crippen LogP contribution in [-0.2, 0) is 4.74 Å². The standard InChI is InChI=1S/C23H24O13/c1-32-12-5-8(3-4-11(12)34-23-19(31)17(29)15(27)13(7-24)35-23)20-18(30)16(28)14-9(25)6-10(26)21(33-2)22(14)36-20/h3-6,13,15,17,19,23-27,29-31H,7H2,1-2H3/t13-,15-,17+,19-,23?/m1/s1. The van der Waals surface area contributed by atoms with Crippen LogP contribution in [0.3, 0.4) is 0 Å². The quantitative estimate of drug-likeness (QED) is 0.230. The highest BCUT2D eigenvalue weighted by Crippen LogP contribution is 2.43. The van der Waals surface area contributed by atoms with Gasteiger partial charge in [0.15, 0.2) is 28.6 Å². The summed E-state index contributed by atoms with van der Waals surface area (Å²) in [7, 11) is 2.50. The van der Waals surface area contributed by atoms with Gasteiger partial charge in [0.25, 0.3) is 0 Å². The van der Waals surface area contributed by atoms with Gasteiger partial charge in [-0.05, 0) is 18.2 Å². The number of rotatable bonds is 6. The lowest BCUT2D eigenvalue weighted by molar-refractivity contribution is -0.277. The van der Waals surface area contributed by atoms with Gasteiger partial charge in [0.2, 0.25) is 23.2 Å². The molecule has 1 fully saturated rings. The number of hydrogen-bond acceptors (Lipinski definition) is 13. The topological polar surface area (TPSA) is 209 Å². The molecular formula is C23H24O13. The summed E-state index contributed by atoms with van der Waals surface area (Å²) in [4.78, 5) is 12.8. The minimum absolute atomic E-state index is 0.000995. The molecule has 0 amide bonds. The molecule has 0 radical (unpaired) electrons. The second kappa shape index (κ2) is 9.72. The molecule has 0 aliphatic carbocycles. The zero-order chi connectivity index (χ0) is 26.3. The van der Waals surface area contributed by atoms with Crippen molar-refractivity contribution in [3.8, 4) is 45.8 Å². The summed E-state index contributed by atoms with van der Waals surface area (Å²) >= 11 is 0. The highest BCUT2D eigenvalue weighted by Gasteiger charge is 2.45. The van der Waals surface area contributed by atoms with Gasteiger partial charge in [-0.1, -0.05) is 0 Å². The van der Waals surface area contributed by atoms with Gasteiger partial charge < -0.3 is 59.1 Å². The van der Waals surface area contributed by atoms with Crippen LogP contribution in [0.15, 0.2) is 33.5 Å². The zero-order valence-corrected chi connectivity index (χ0v) is 19.0. The molecule has 194 valence electrons. The number of hydrogen-bond donors (Lipinski definition) is 7. The van der Waals surface area contributed by atoms with Crippen LogP contribution in [0, 0.1) is 0 Å². The van der Waals surface area contributed by atoms with Gasteiger partial charge >= 0.3 is 0 Å². The van der Waals surface area contributed by atoms with Crippen molar-refractivity contribution in [3.05, 3.63) is 34.5 Å². The van der Waals surface area contributed by atoms with Gasteiger partial charge in [0, 0.05) is 11.6 Å². The molecule has 1 aliphatic heterocycles. The Hall–Kier alpha value is -3.75. The van der Waals surface area contributed by atoms with Crippen LogP contribution < -0.4 is 19.6 Å². The Balaban J connectivity index is 1.76. The van der Waals surface area contributed by atoms with E-state index in [1.165, 1.54) is 32.4 Å². The Morgan fingerprint density at radius 1 is 0.917 bits per heavy atom. The molecule has 1 aromatic heterocycles. The second-order valence-corrected chi connectivity index (χ2v) is 7.94. The number of phenols is 2. The molecule has 7 N–H and O–H groups in total. The first-order valence-corrected chi connectivity index (χ1v) is 10.6. The molecule has 1 saturated heterocycles. The smallest absolute Gasteiger partial charge is 0.238 e. The number of benzene rings is 2. The first-order chi connectivity index (χ1) is 17.1. The van der Waals surface area contributed by atoms with Crippen LogP contribution in [0.1, 0.15) is 0 Å². The molecule has 13 heteroatoms. The molecule has 1 unspecified atom stereocenters. The fourth-order valence-electron chi connectivity index (χ4n) is 3.89. The summed E-state index contributed by atoms with van der Waals surface area (Å²) in [6.45, 7) is -0.643. The van der Waals surface area contributed by atoms with E-state index < -0.39 is 65.4 Å². The fraction of sp³-hybridized carbons (Fsp3) is 0.348. The summed E-state index contributed by atoms with van der Waals surface area (Å²) < 4.78 is 27.0. The highest BCUT2D eigenvalue weighted by molar-refractivity contribution is 5.93. The molecule has 0 saturated carbocycles. The third-order valence-corrected chi connectivity index (χ3v) is 5.78. The Morgan fingerprint density at radius 2 is 1.64 bits per heavy atom. The van der Waals surface area contributed by atoms with Crippen molar-refractivity contribution in [1.82, 2.24) is 0 Å². The molecule has 0 spiro atoms. The summed E-state index contributed by atoms with van der Waals surface area (Å²) in [5.74, 6) is -2.51. The van der Waals surface area contributed by atoms with E-state index in [1.807, 2.05) is 0 Å². The largest absolute Gasteiger partial charge is 0.507 e. The number of aliphatic hydroxyl groups excluding tert-OH is 4. The summed E-state index contributed by atoms with van der Waals surface area (Å²) in [5, 5.41) is 69.7. The lowest BCUT2D eigenvalue weighted by atomic mass is 9.99. The first-order valence-electron chi connectivity index (χ1n) is 10.6. The van der Waals surface area contributed by atoms with Crippen molar-refractivity contribution < 1.29 is 59.1 Å². The van der Waals surface area contributed by atoms with E-state index in [1.54, 1.807) is 0 Å². The van der Waals surface area contributed by atoms with Gasteiger partial charge in [0.1, 0.15) is 35.6 Å². The molecule has 13 nitrogen and oxygen atoms in total. The van der Waals surface area contributed by atoms with Crippen LogP contribution in [0.5, 0.6) is 34.5 Å². The maximum atomic E-state index is 12.8. The normalized spacial score (nSPS) is 24.0. The van der Waals surface area contributed by atoms with Crippen molar-refractivity contribution in [2.45, 2.75) is 30.7 Å². The maximum absolute atomic E-state index is 12.8. The van der Waals surface area contributed by atoms with Crippen molar-refractivity contribution in [2.75, 3.05) is 20.8 Å². The average molecular weight is 508 g/mol. The van der Waals surface area contributed by atoms with E-state index in [4.69, 9.17) is 23.4 Å². The molecule has 2 heterocycles. The number of fused-ring (bicyclic) bond motifs is 1. The predicted molar refractivity (Wildman–Crippen MR) is 120 cm³/mol. The fourth-order valence-corrected chi connectivity index (χ4v) is 3.89. The van der Waals surface area contributed by atoms with Gasteiger partial charge in [-0.3, -0.25) is 4.79 Å². The van der Waals surface area contributed by atoms with Crippen LogP contribution in [0.2, 0.25) is 0 Å². The van der Waals surface area contributed by atoms with Crippen LogP contribution >= 0.6 is 0 Å². The Kier molecular flexibility index (Phi) is 6.84. The lowest BCUT2D eigenvalue weighted by Gasteiger charge is -2.39. The van der Waals surface area contributed by atoms with E-state index >= 15 is 0 Å². The van der Waals surface area contributed by atoms with Gasteiger partial charge in [-0.25, -0.2) is 0 Å². The van der Waals surface area contributed by atoms with E-state index in [2.05, 4.69) is 0 Å². The molecule has 1 aliphatic rings. The second-order valence-electron chi connectivity index (χ2n) is 7.94. The minimum atomic E-state index is -1.66. The number of aliphatic hydroxyl groups is 4. The van der Waals surface area contributed by atoms with E-state index in [9.17, 15) is 40.5 Å². The molecule has 2 aromatic carbocycles. The van der Waals surface area contributed by atoms with Crippen molar-refractivity contribution >= 4 is 11.0 Å². The monoisotopic (exact) mass is 508 g/mol. The number of methoxy groups -OCH3 is 2. The number of phenolic OH excluding ortho intramolecular Hbond substituents is 2. The van der Waals surface area contributed by atoms with Crippen LogP contribution in [0.4, 0.5) is 0 Å². The highest BCUT2D eigenvalue weighted by atomic mass is 16.7. The summed E-state index contributed by atoms with van der Waals surface area (Å²) in [6.07, 6.45) is -7.56. The summed E-state index contributed by atoms with van der Waals surface area (Å²) in [5.41, 5.74) is -1.18. The number of ether oxygens (including phenoxy) is 4. The predicted octanol–water partition coefficient (Wildman–Crippen LogP) is -0.227. The third kappa shape index (κ3) is 4.12. The number of aromatic hydroxyl groups is 3. The van der Waals surface area contributed by atoms with Crippen LogP contribution in [0.25, 0.3) is 22.3 Å². The SMILES string of the molecule is COc1cc(-c2oc3c(OC)c(O)cc(O)c3c(=O)c2O)ccc1OC1O[C@H](CO)[C@@H](O)[C@H](O)[C@H]1O. The molecule has 36 heavy (non-hydrogen) atoms. The molecule has 0 bridgehead atoms. The van der Waals surface area contributed by atoms with E-state index in [0.29, 0.717) is 0 Å². The van der Waals surface area contributed by atoms with Crippen molar-refractivity contribution in [1.29, 1.82) is 0 Å². The molecule has 4 rings (SSSR count). The van der Waals surface area contributed by atoms with E-state index in [0.717, 1.165) is 6.07 Å². The average Bonchev–Trinajstić information content (AvgIpc) is 2.86. The minimum Gasteiger partial charge on any atom is -0.507 e. The zero-order valence-electron chi connectivity index (χ0n) is 19.0. The maximum Gasteiger partial charge on any atom is 0.238 e. The van der Waals surface area contributed by atoms with Crippen LogP contribution in [-0.4, -0.2) is 87.3 Å². The summed E-state index contributed by atoms with van der Waals surface area (Å²) in [6, 6.07) is 4.89. The Labute approximate surface area is 202 Å². The molecule has 5 atom stereocenters. The third-order valence-electron chi connectivity index (χ3n) is 5.78.